The molecule has 1 unspecified atom stereocenters. The smallest absolute Gasteiger partial charge is 0.141 e. The minimum atomic E-state index is -0.134. The molecule has 1 aliphatic rings. The molecule has 1 radical (unpaired) electrons. The van der Waals surface area contributed by atoms with Gasteiger partial charge in [0.1, 0.15) is 5.50 Å². The number of hydrogen-bond acceptors (Lipinski definition) is 1. The standard InChI is InChI=1S/C4H6ClN2/c1-7-3-2-4(5)6-7/h2-4H,1H3. The second-order valence-electron chi connectivity index (χ2n) is 1.40. The van der Waals surface area contributed by atoms with Gasteiger partial charge in [-0.3, -0.25) is 5.01 Å². The Hall–Kier alpha value is -0.210. The van der Waals surface area contributed by atoms with Gasteiger partial charge in [-0.05, 0) is 6.08 Å². The molecule has 0 saturated carbocycles. The Labute approximate surface area is 47.7 Å². The summed E-state index contributed by atoms with van der Waals surface area (Å²) in [4.78, 5) is 0. The van der Waals surface area contributed by atoms with E-state index in [9.17, 15) is 0 Å². The van der Waals surface area contributed by atoms with Crippen LogP contribution in [0.2, 0.25) is 0 Å². The molecule has 0 fully saturated rings. The first kappa shape index (κ1) is 4.94. The molecule has 1 aliphatic heterocycles. The highest BCUT2D eigenvalue weighted by molar-refractivity contribution is 6.21. The van der Waals surface area contributed by atoms with Gasteiger partial charge in [0.15, 0.2) is 0 Å². The predicted molar refractivity (Wildman–Crippen MR) is 28.7 cm³/mol. The van der Waals surface area contributed by atoms with Crippen molar-refractivity contribution >= 4 is 11.6 Å². The Bertz CT molecular complexity index is 81.7. The van der Waals surface area contributed by atoms with E-state index in [1.165, 1.54) is 0 Å². The lowest BCUT2D eigenvalue weighted by Gasteiger charge is -2.04. The van der Waals surface area contributed by atoms with Gasteiger partial charge < -0.3 is 0 Å². The van der Waals surface area contributed by atoms with Crippen LogP contribution in [-0.2, 0) is 0 Å². The second-order valence-corrected chi connectivity index (χ2v) is 1.85. The van der Waals surface area contributed by atoms with Crippen LogP contribution in [0.4, 0.5) is 0 Å². The lowest BCUT2D eigenvalue weighted by Crippen LogP contribution is -2.20. The minimum absolute atomic E-state index is 0.134. The van der Waals surface area contributed by atoms with E-state index in [1.807, 2.05) is 19.3 Å². The largest absolute Gasteiger partial charge is 0.300 e. The zero-order chi connectivity index (χ0) is 5.28. The first-order chi connectivity index (χ1) is 3.29. The summed E-state index contributed by atoms with van der Waals surface area (Å²) in [7, 11) is 1.85. The fraction of sp³-hybridized carbons (Fsp3) is 0.500. The second kappa shape index (κ2) is 1.72. The molecule has 3 heteroatoms. The molecule has 0 aliphatic carbocycles. The number of nitrogens with zero attached hydrogens (tertiary/aromatic N) is 2. The molecule has 0 amide bonds. The van der Waals surface area contributed by atoms with Gasteiger partial charge in [0, 0.05) is 13.2 Å². The third-order valence-corrected chi connectivity index (χ3v) is 0.986. The third-order valence-electron chi connectivity index (χ3n) is 0.753. The highest BCUT2D eigenvalue weighted by atomic mass is 35.5. The van der Waals surface area contributed by atoms with Crippen LogP contribution >= 0.6 is 11.6 Å². The van der Waals surface area contributed by atoms with E-state index in [0.717, 1.165) is 0 Å². The topological polar surface area (TPSA) is 17.3 Å². The van der Waals surface area contributed by atoms with Crippen LogP contribution in [0.3, 0.4) is 0 Å². The van der Waals surface area contributed by atoms with E-state index in [0.29, 0.717) is 0 Å². The first-order valence-corrected chi connectivity index (χ1v) is 2.48. The maximum atomic E-state index is 5.51. The molecule has 7 heavy (non-hydrogen) atoms. The summed E-state index contributed by atoms with van der Waals surface area (Å²) in [6.07, 6.45) is 3.65. The molecule has 0 aromatic rings. The molecule has 2 nitrogen and oxygen atoms in total. The van der Waals surface area contributed by atoms with Crippen molar-refractivity contribution in [2.24, 2.45) is 0 Å². The van der Waals surface area contributed by atoms with Gasteiger partial charge in [0.25, 0.3) is 0 Å². The average molecular weight is 118 g/mol. The van der Waals surface area contributed by atoms with Crippen LogP contribution < -0.4 is 5.43 Å². The summed E-state index contributed by atoms with van der Waals surface area (Å²) in [5, 5.41) is 1.69. The Morgan fingerprint density at radius 3 is 2.71 bits per heavy atom. The predicted octanol–water partition coefficient (Wildman–Crippen LogP) is 0.530. The van der Waals surface area contributed by atoms with Crippen LogP contribution in [0, 0.1) is 0 Å². The normalized spacial score (nSPS) is 29.4. The number of rotatable bonds is 0. The summed E-state index contributed by atoms with van der Waals surface area (Å²) >= 11 is 5.51. The van der Waals surface area contributed by atoms with E-state index in [1.54, 1.807) is 5.01 Å². The van der Waals surface area contributed by atoms with Crippen molar-refractivity contribution < 1.29 is 0 Å². The van der Waals surface area contributed by atoms with Gasteiger partial charge >= 0.3 is 0 Å². The molecule has 0 bridgehead atoms. The van der Waals surface area contributed by atoms with E-state index in [2.05, 4.69) is 5.43 Å². The first-order valence-electron chi connectivity index (χ1n) is 2.05. The van der Waals surface area contributed by atoms with E-state index >= 15 is 0 Å². The molecule has 1 rings (SSSR count). The van der Waals surface area contributed by atoms with Crippen molar-refractivity contribution in [2.45, 2.75) is 5.50 Å². The van der Waals surface area contributed by atoms with Crippen molar-refractivity contribution in [1.82, 2.24) is 10.4 Å². The molecule has 0 spiro atoms. The van der Waals surface area contributed by atoms with Gasteiger partial charge in [-0.25, -0.2) is 0 Å². The zero-order valence-electron chi connectivity index (χ0n) is 4.00. The van der Waals surface area contributed by atoms with Gasteiger partial charge in [0.05, 0.1) is 0 Å². The summed E-state index contributed by atoms with van der Waals surface area (Å²) in [6.45, 7) is 0. The molecule has 0 aromatic heterocycles. The summed E-state index contributed by atoms with van der Waals surface area (Å²) in [5.74, 6) is 0. The van der Waals surface area contributed by atoms with Crippen LogP contribution in [0.25, 0.3) is 0 Å². The number of halogens is 1. The monoisotopic (exact) mass is 117 g/mol. The zero-order valence-corrected chi connectivity index (χ0v) is 4.76. The summed E-state index contributed by atoms with van der Waals surface area (Å²) in [6, 6.07) is 0. The van der Waals surface area contributed by atoms with Crippen molar-refractivity contribution in [3.8, 4) is 0 Å². The molecular formula is C4H6ClN2. The van der Waals surface area contributed by atoms with Crippen molar-refractivity contribution in [1.29, 1.82) is 0 Å². The van der Waals surface area contributed by atoms with Crippen LogP contribution in [-0.4, -0.2) is 17.6 Å². The van der Waals surface area contributed by atoms with Crippen LogP contribution in [0.15, 0.2) is 12.3 Å². The lowest BCUT2D eigenvalue weighted by molar-refractivity contribution is 0.350. The quantitative estimate of drug-likeness (QED) is 0.334. The van der Waals surface area contributed by atoms with Crippen LogP contribution in [0.5, 0.6) is 0 Å². The molecule has 39 valence electrons. The summed E-state index contributed by atoms with van der Waals surface area (Å²) < 4.78 is 0. The van der Waals surface area contributed by atoms with Gasteiger partial charge in [0.2, 0.25) is 0 Å². The highest BCUT2D eigenvalue weighted by Gasteiger charge is 2.07. The Kier molecular flexibility index (Phi) is 1.21. The SMILES string of the molecule is CN1C=CC(Cl)[N]1. The van der Waals surface area contributed by atoms with Crippen LogP contribution in [0.1, 0.15) is 0 Å². The molecule has 0 N–H and O–H groups in total. The van der Waals surface area contributed by atoms with E-state index < -0.39 is 0 Å². The van der Waals surface area contributed by atoms with Gasteiger partial charge in [-0.2, -0.15) is 0 Å². The third kappa shape index (κ3) is 1.08. The summed E-state index contributed by atoms with van der Waals surface area (Å²) in [5.41, 5.74) is 3.74. The fourth-order valence-electron chi connectivity index (χ4n) is 0.447. The lowest BCUT2D eigenvalue weighted by atomic mass is 10.6. The van der Waals surface area contributed by atoms with Crippen molar-refractivity contribution in [3.63, 3.8) is 0 Å². The Balaban J connectivity index is 2.42. The Morgan fingerprint density at radius 2 is 2.57 bits per heavy atom. The molecule has 0 saturated heterocycles. The van der Waals surface area contributed by atoms with E-state index in [-0.39, 0.29) is 5.50 Å². The number of hydrogen-bond donors (Lipinski definition) is 0. The molecule has 1 atom stereocenters. The maximum absolute atomic E-state index is 5.51. The maximum Gasteiger partial charge on any atom is 0.141 e. The van der Waals surface area contributed by atoms with E-state index in [4.69, 9.17) is 11.6 Å². The average Bonchev–Trinajstić information content (AvgIpc) is 1.87. The fourth-order valence-corrected chi connectivity index (χ4v) is 0.649. The van der Waals surface area contributed by atoms with Crippen molar-refractivity contribution in [2.75, 3.05) is 7.05 Å². The van der Waals surface area contributed by atoms with Crippen molar-refractivity contribution in [3.05, 3.63) is 12.3 Å². The molecular weight excluding hydrogens is 112 g/mol. The van der Waals surface area contributed by atoms with Gasteiger partial charge in [-0.15, -0.1) is 5.43 Å². The molecule has 0 aromatic carbocycles. The number of alkyl halides is 1. The highest BCUT2D eigenvalue weighted by Crippen LogP contribution is 2.03. The molecule has 1 heterocycles. The minimum Gasteiger partial charge on any atom is -0.300 e. The van der Waals surface area contributed by atoms with Gasteiger partial charge in [-0.1, -0.05) is 11.6 Å². The Morgan fingerprint density at radius 1 is 1.86 bits per heavy atom.